The second-order valence-electron chi connectivity index (χ2n) is 10.1. The molecule has 0 aromatic rings. The fourth-order valence-electron chi connectivity index (χ4n) is 5.77. The Bertz CT molecular complexity index is 752. The largest absolute Gasteiger partial charge is 0.461 e. The highest BCUT2D eigenvalue weighted by molar-refractivity contribution is 6.38. The van der Waals surface area contributed by atoms with Crippen LogP contribution in [0.15, 0.2) is 5.10 Å². The van der Waals surface area contributed by atoms with Crippen LogP contribution < -0.4 is 10.7 Å². The molecule has 2 amide bonds. The minimum atomic E-state index is -0.851. The van der Waals surface area contributed by atoms with Gasteiger partial charge in [0.1, 0.15) is 12.6 Å². The van der Waals surface area contributed by atoms with Gasteiger partial charge in [0.2, 0.25) is 11.7 Å². The Labute approximate surface area is 196 Å². The molecule has 4 fully saturated rings. The molecule has 1 spiro atoms. The standard InChI is InChI=1S/C24H38N4O5/c1-28-23(33-16-24(28)12-6-3-7-13-24)27-26-22(31)20(29)19(17-10-14-32-15-11-17)25-21(30)18-8-4-2-5-9-18/h17-19H,2-16H2,1H3,(H,25,30)(H,26,31)/b27-23-. The van der Waals surface area contributed by atoms with Crippen molar-refractivity contribution in [1.29, 1.82) is 0 Å². The van der Waals surface area contributed by atoms with Crippen molar-refractivity contribution >= 4 is 23.6 Å². The molecular weight excluding hydrogens is 424 g/mol. The number of rotatable bonds is 6. The van der Waals surface area contributed by atoms with Crippen LogP contribution in [0.2, 0.25) is 0 Å². The van der Waals surface area contributed by atoms with Gasteiger partial charge in [-0.05, 0) is 44.4 Å². The summed E-state index contributed by atoms with van der Waals surface area (Å²) in [4.78, 5) is 40.8. The highest BCUT2D eigenvalue weighted by Gasteiger charge is 2.45. The zero-order chi connectivity index (χ0) is 23.3. The van der Waals surface area contributed by atoms with Gasteiger partial charge < -0.3 is 19.7 Å². The third-order valence-electron chi connectivity index (χ3n) is 8.02. The molecule has 2 aliphatic heterocycles. The van der Waals surface area contributed by atoms with Crippen molar-refractivity contribution in [1.82, 2.24) is 15.6 Å². The first-order chi connectivity index (χ1) is 16.0. The lowest BCUT2D eigenvalue weighted by atomic mass is 9.82. The molecular formula is C24H38N4O5. The van der Waals surface area contributed by atoms with Crippen LogP contribution in [0.3, 0.4) is 0 Å². The molecule has 184 valence electrons. The van der Waals surface area contributed by atoms with E-state index in [1.54, 1.807) is 0 Å². The molecule has 1 unspecified atom stereocenters. The zero-order valence-corrected chi connectivity index (χ0v) is 19.8. The smallest absolute Gasteiger partial charge is 0.309 e. The number of ketones is 1. The van der Waals surface area contributed by atoms with E-state index in [0.717, 1.165) is 57.8 Å². The first-order valence-electron chi connectivity index (χ1n) is 12.7. The van der Waals surface area contributed by atoms with Crippen molar-refractivity contribution in [3.63, 3.8) is 0 Å². The minimum Gasteiger partial charge on any atom is -0.461 e. The van der Waals surface area contributed by atoms with Crippen LogP contribution in [0.25, 0.3) is 0 Å². The second-order valence-corrected chi connectivity index (χ2v) is 10.1. The van der Waals surface area contributed by atoms with Gasteiger partial charge in [-0.2, -0.15) is 0 Å². The summed E-state index contributed by atoms with van der Waals surface area (Å²) in [5, 5.41) is 7.06. The lowest BCUT2D eigenvalue weighted by Gasteiger charge is -2.37. The quantitative estimate of drug-likeness (QED) is 0.462. The summed E-state index contributed by atoms with van der Waals surface area (Å²) >= 11 is 0. The molecule has 0 bridgehead atoms. The summed E-state index contributed by atoms with van der Waals surface area (Å²) in [6, 6.07) is -0.512. The summed E-state index contributed by atoms with van der Waals surface area (Å²) in [7, 11) is 1.93. The molecule has 2 saturated carbocycles. The molecule has 2 heterocycles. The van der Waals surface area contributed by atoms with Gasteiger partial charge in [-0.25, -0.2) is 5.43 Å². The van der Waals surface area contributed by atoms with Crippen molar-refractivity contribution in [2.75, 3.05) is 26.9 Å². The molecule has 0 aromatic heterocycles. The van der Waals surface area contributed by atoms with Gasteiger partial charge in [0.05, 0.1) is 5.54 Å². The van der Waals surface area contributed by atoms with E-state index in [1.807, 2.05) is 11.9 Å². The number of carbonyl (C=O) groups excluding carboxylic acids is 3. The van der Waals surface area contributed by atoms with Gasteiger partial charge in [-0.15, -0.1) is 5.10 Å². The van der Waals surface area contributed by atoms with Crippen LogP contribution in [-0.2, 0) is 23.9 Å². The third-order valence-corrected chi connectivity index (χ3v) is 8.02. The molecule has 4 rings (SSSR count). The number of carbonyl (C=O) groups is 3. The second kappa shape index (κ2) is 10.8. The first-order valence-corrected chi connectivity index (χ1v) is 12.7. The summed E-state index contributed by atoms with van der Waals surface area (Å²) in [5.41, 5.74) is 2.33. The van der Waals surface area contributed by atoms with Crippen LogP contribution in [-0.4, -0.2) is 67.0 Å². The average Bonchev–Trinajstić information content (AvgIpc) is 3.16. The predicted octanol–water partition coefficient (Wildman–Crippen LogP) is 2.10. The van der Waals surface area contributed by atoms with Gasteiger partial charge in [0, 0.05) is 26.2 Å². The van der Waals surface area contributed by atoms with Crippen LogP contribution in [0, 0.1) is 11.8 Å². The van der Waals surface area contributed by atoms with E-state index in [4.69, 9.17) is 9.47 Å². The molecule has 9 heteroatoms. The minimum absolute atomic E-state index is 0.0651. The number of hydrogen-bond acceptors (Lipinski definition) is 6. The number of nitrogens with zero attached hydrogens (tertiary/aromatic N) is 2. The Kier molecular flexibility index (Phi) is 7.88. The Morgan fingerprint density at radius 2 is 1.67 bits per heavy atom. The van der Waals surface area contributed by atoms with E-state index in [2.05, 4.69) is 15.8 Å². The Hall–Kier alpha value is -2.16. The van der Waals surface area contributed by atoms with Gasteiger partial charge in [0.15, 0.2) is 0 Å². The summed E-state index contributed by atoms with van der Waals surface area (Å²) in [5.74, 6) is -1.78. The van der Waals surface area contributed by atoms with E-state index in [9.17, 15) is 14.4 Å². The maximum atomic E-state index is 13.2. The van der Waals surface area contributed by atoms with Gasteiger partial charge in [0.25, 0.3) is 0 Å². The van der Waals surface area contributed by atoms with Crippen LogP contribution in [0.5, 0.6) is 0 Å². The van der Waals surface area contributed by atoms with Crippen LogP contribution >= 0.6 is 0 Å². The molecule has 0 radical (unpaired) electrons. The fraction of sp³-hybridized carbons (Fsp3) is 0.833. The number of nitrogens with one attached hydrogen (secondary N) is 2. The summed E-state index contributed by atoms with van der Waals surface area (Å²) in [6.45, 7) is 1.60. The Morgan fingerprint density at radius 1 is 1.00 bits per heavy atom. The number of amidine groups is 1. The monoisotopic (exact) mass is 462 g/mol. The summed E-state index contributed by atoms with van der Waals surface area (Å²) in [6.07, 6.45) is 11.8. The summed E-state index contributed by atoms with van der Waals surface area (Å²) < 4.78 is 11.2. The molecule has 2 N–H and O–H groups in total. The molecule has 2 saturated heterocycles. The normalized spacial score (nSPS) is 26.1. The number of ether oxygens (including phenoxy) is 2. The Morgan fingerprint density at radius 3 is 2.36 bits per heavy atom. The van der Waals surface area contributed by atoms with Crippen molar-refractivity contribution in [2.45, 2.75) is 88.6 Å². The molecule has 0 aromatic carbocycles. The zero-order valence-electron chi connectivity index (χ0n) is 19.8. The molecule has 9 nitrogen and oxygen atoms in total. The number of amides is 2. The number of Topliss-reactive ketones (excluding diaryl/α,β-unsaturated/α-hetero) is 1. The molecule has 4 aliphatic rings. The molecule has 33 heavy (non-hydrogen) atoms. The van der Waals surface area contributed by atoms with Crippen molar-refractivity contribution in [2.24, 2.45) is 16.9 Å². The van der Waals surface area contributed by atoms with Crippen molar-refractivity contribution < 1.29 is 23.9 Å². The highest BCUT2D eigenvalue weighted by atomic mass is 16.5. The van der Waals surface area contributed by atoms with Crippen LogP contribution in [0.1, 0.15) is 77.0 Å². The Balaban J connectivity index is 1.40. The van der Waals surface area contributed by atoms with Crippen molar-refractivity contribution in [3.8, 4) is 0 Å². The molecule has 1 atom stereocenters. The predicted molar refractivity (Wildman–Crippen MR) is 122 cm³/mol. The van der Waals surface area contributed by atoms with Gasteiger partial charge >= 0.3 is 11.9 Å². The SMILES string of the molecule is CN1/C(=N/NC(=O)C(=O)C(NC(=O)C2CCCCC2)C2CCOCC2)OCC12CCCCC2. The lowest BCUT2D eigenvalue weighted by molar-refractivity contribution is -0.142. The number of hydrogen-bond donors (Lipinski definition) is 2. The lowest BCUT2D eigenvalue weighted by Crippen LogP contribution is -2.53. The maximum Gasteiger partial charge on any atom is 0.309 e. The van der Waals surface area contributed by atoms with Gasteiger partial charge in [-0.1, -0.05) is 38.5 Å². The van der Waals surface area contributed by atoms with E-state index >= 15 is 0 Å². The van der Waals surface area contributed by atoms with Crippen molar-refractivity contribution in [3.05, 3.63) is 0 Å². The fourth-order valence-corrected chi connectivity index (χ4v) is 5.77. The third kappa shape index (κ3) is 5.50. The van der Waals surface area contributed by atoms with E-state index in [-0.39, 0.29) is 23.3 Å². The number of hydrazone groups is 1. The average molecular weight is 463 g/mol. The van der Waals surface area contributed by atoms with E-state index in [0.29, 0.717) is 38.7 Å². The number of likely N-dealkylation sites (N-methyl/N-ethyl adjacent to an activating group) is 1. The van der Waals surface area contributed by atoms with Crippen LogP contribution in [0.4, 0.5) is 0 Å². The van der Waals surface area contributed by atoms with E-state index < -0.39 is 17.7 Å². The highest BCUT2D eigenvalue weighted by Crippen LogP contribution is 2.37. The van der Waals surface area contributed by atoms with E-state index in [1.165, 1.54) is 6.42 Å². The first kappa shape index (κ1) is 24.0. The maximum absolute atomic E-state index is 13.2. The molecule has 2 aliphatic carbocycles. The topological polar surface area (TPSA) is 109 Å². The van der Waals surface area contributed by atoms with Gasteiger partial charge in [-0.3, -0.25) is 14.4 Å².